The molecule has 0 spiro atoms. The van der Waals surface area contributed by atoms with E-state index in [1.165, 1.54) is 0 Å². The van der Waals surface area contributed by atoms with Gasteiger partial charge >= 0.3 is 0 Å². The van der Waals surface area contributed by atoms with Crippen LogP contribution in [0.1, 0.15) is 28.4 Å². The van der Waals surface area contributed by atoms with Crippen LogP contribution in [0.3, 0.4) is 0 Å². The van der Waals surface area contributed by atoms with Crippen LogP contribution in [0.5, 0.6) is 11.5 Å². The Labute approximate surface area is 148 Å². The summed E-state index contributed by atoms with van der Waals surface area (Å²) in [6.07, 6.45) is 0. The van der Waals surface area contributed by atoms with E-state index >= 15 is 0 Å². The normalized spacial score (nSPS) is 12.7. The van der Waals surface area contributed by atoms with Crippen LogP contribution in [0.4, 0.5) is 0 Å². The van der Waals surface area contributed by atoms with E-state index < -0.39 is 0 Å². The SMILES string of the molecule is CCN(Cc1ccc2c(c1)OCCO2)C(=O)c1ccc(COC)cc1. The number of benzene rings is 2. The molecule has 0 saturated heterocycles. The van der Waals surface area contributed by atoms with Crippen LogP contribution in [0.15, 0.2) is 42.5 Å². The number of amides is 1. The maximum Gasteiger partial charge on any atom is 0.254 e. The van der Waals surface area contributed by atoms with E-state index in [1.807, 2.05) is 54.3 Å². The average Bonchev–Trinajstić information content (AvgIpc) is 2.66. The molecule has 25 heavy (non-hydrogen) atoms. The van der Waals surface area contributed by atoms with Gasteiger partial charge in [-0.3, -0.25) is 4.79 Å². The molecule has 0 N–H and O–H groups in total. The maximum atomic E-state index is 12.8. The van der Waals surface area contributed by atoms with Gasteiger partial charge in [0.1, 0.15) is 13.2 Å². The van der Waals surface area contributed by atoms with E-state index in [9.17, 15) is 4.79 Å². The van der Waals surface area contributed by atoms with Gasteiger partial charge in [-0.05, 0) is 42.3 Å². The number of methoxy groups -OCH3 is 1. The summed E-state index contributed by atoms with van der Waals surface area (Å²) in [6, 6.07) is 13.4. The van der Waals surface area contributed by atoms with Gasteiger partial charge in [-0.15, -0.1) is 0 Å². The Morgan fingerprint density at radius 3 is 2.40 bits per heavy atom. The van der Waals surface area contributed by atoms with Gasteiger partial charge in [0.15, 0.2) is 11.5 Å². The van der Waals surface area contributed by atoms with Crippen molar-refractivity contribution in [1.82, 2.24) is 4.90 Å². The number of carbonyl (C=O) groups is 1. The first-order valence-electron chi connectivity index (χ1n) is 8.47. The molecule has 0 aliphatic carbocycles. The quantitative estimate of drug-likeness (QED) is 0.809. The van der Waals surface area contributed by atoms with Gasteiger partial charge in [-0.25, -0.2) is 0 Å². The minimum atomic E-state index is 0.0151. The molecular weight excluding hydrogens is 318 g/mol. The molecule has 0 unspecified atom stereocenters. The number of fused-ring (bicyclic) bond motifs is 1. The van der Waals surface area contributed by atoms with Gasteiger partial charge in [0.05, 0.1) is 6.61 Å². The van der Waals surface area contributed by atoms with Gasteiger partial charge in [-0.1, -0.05) is 18.2 Å². The van der Waals surface area contributed by atoms with Crippen molar-refractivity contribution in [2.24, 2.45) is 0 Å². The lowest BCUT2D eigenvalue weighted by atomic mass is 10.1. The molecule has 0 atom stereocenters. The molecule has 2 aromatic rings. The Hall–Kier alpha value is -2.53. The Bertz CT molecular complexity index is 727. The van der Waals surface area contributed by atoms with E-state index in [-0.39, 0.29) is 5.91 Å². The van der Waals surface area contributed by atoms with Crippen LogP contribution < -0.4 is 9.47 Å². The van der Waals surface area contributed by atoms with Crippen LogP contribution in [-0.4, -0.2) is 37.7 Å². The molecular formula is C20H23NO4. The van der Waals surface area contributed by atoms with Crippen molar-refractivity contribution in [3.63, 3.8) is 0 Å². The Morgan fingerprint density at radius 2 is 1.72 bits per heavy atom. The first kappa shape index (κ1) is 17.3. The number of rotatable bonds is 6. The summed E-state index contributed by atoms with van der Waals surface area (Å²) >= 11 is 0. The number of carbonyl (C=O) groups excluding carboxylic acids is 1. The van der Waals surface area contributed by atoms with Crippen LogP contribution >= 0.6 is 0 Å². The molecule has 0 aromatic heterocycles. The largest absolute Gasteiger partial charge is 0.486 e. The van der Waals surface area contributed by atoms with Crippen molar-refractivity contribution in [3.8, 4) is 11.5 Å². The van der Waals surface area contributed by atoms with Gasteiger partial charge in [-0.2, -0.15) is 0 Å². The Morgan fingerprint density at radius 1 is 1.04 bits per heavy atom. The monoisotopic (exact) mass is 341 g/mol. The van der Waals surface area contributed by atoms with Crippen molar-refractivity contribution < 1.29 is 19.0 Å². The lowest BCUT2D eigenvalue weighted by Crippen LogP contribution is -2.30. The zero-order chi connectivity index (χ0) is 17.6. The van der Waals surface area contributed by atoms with Crippen molar-refractivity contribution in [2.45, 2.75) is 20.1 Å². The summed E-state index contributed by atoms with van der Waals surface area (Å²) in [5, 5.41) is 0. The van der Waals surface area contributed by atoms with E-state index in [0.29, 0.717) is 38.5 Å². The van der Waals surface area contributed by atoms with Gasteiger partial charge in [0.25, 0.3) is 5.91 Å². The van der Waals surface area contributed by atoms with Crippen LogP contribution in [0.2, 0.25) is 0 Å². The zero-order valence-corrected chi connectivity index (χ0v) is 14.7. The summed E-state index contributed by atoms with van der Waals surface area (Å²) in [7, 11) is 1.66. The minimum absolute atomic E-state index is 0.0151. The lowest BCUT2D eigenvalue weighted by Gasteiger charge is -2.23. The average molecular weight is 341 g/mol. The zero-order valence-electron chi connectivity index (χ0n) is 14.7. The Balaban J connectivity index is 1.72. The molecule has 1 aliphatic heterocycles. The highest BCUT2D eigenvalue weighted by molar-refractivity contribution is 5.94. The highest BCUT2D eigenvalue weighted by atomic mass is 16.6. The molecule has 0 saturated carbocycles. The molecule has 0 bridgehead atoms. The first-order valence-corrected chi connectivity index (χ1v) is 8.47. The van der Waals surface area contributed by atoms with Gasteiger partial charge in [0, 0.05) is 25.8 Å². The number of ether oxygens (including phenoxy) is 3. The molecule has 5 nitrogen and oxygen atoms in total. The number of hydrogen-bond donors (Lipinski definition) is 0. The van der Waals surface area contributed by atoms with Crippen LogP contribution in [0.25, 0.3) is 0 Å². The fraction of sp³-hybridized carbons (Fsp3) is 0.350. The third-order valence-electron chi connectivity index (χ3n) is 4.16. The lowest BCUT2D eigenvalue weighted by molar-refractivity contribution is 0.0752. The minimum Gasteiger partial charge on any atom is -0.486 e. The number of hydrogen-bond acceptors (Lipinski definition) is 4. The van der Waals surface area contributed by atoms with Gasteiger partial charge < -0.3 is 19.1 Å². The van der Waals surface area contributed by atoms with Crippen LogP contribution in [-0.2, 0) is 17.9 Å². The summed E-state index contributed by atoms with van der Waals surface area (Å²) < 4.78 is 16.3. The summed E-state index contributed by atoms with van der Waals surface area (Å²) in [6.45, 7) is 4.82. The second-order valence-corrected chi connectivity index (χ2v) is 5.93. The highest BCUT2D eigenvalue weighted by Crippen LogP contribution is 2.31. The maximum absolute atomic E-state index is 12.8. The second-order valence-electron chi connectivity index (χ2n) is 5.93. The highest BCUT2D eigenvalue weighted by Gasteiger charge is 2.17. The predicted molar refractivity (Wildman–Crippen MR) is 95.0 cm³/mol. The summed E-state index contributed by atoms with van der Waals surface area (Å²) in [4.78, 5) is 14.6. The second kappa shape index (κ2) is 8.03. The number of nitrogens with zero attached hydrogens (tertiary/aromatic N) is 1. The molecule has 0 fully saturated rings. The standard InChI is InChI=1S/C20H23NO4/c1-3-21(20(22)17-7-4-15(5-8-17)14-23-2)13-16-6-9-18-19(12-16)25-11-10-24-18/h4-9,12H,3,10-11,13-14H2,1-2H3. The molecule has 1 heterocycles. The fourth-order valence-corrected chi connectivity index (χ4v) is 2.83. The van der Waals surface area contributed by atoms with Crippen molar-refractivity contribution >= 4 is 5.91 Å². The van der Waals surface area contributed by atoms with E-state index in [2.05, 4.69) is 0 Å². The molecule has 1 amide bonds. The molecule has 132 valence electrons. The van der Waals surface area contributed by atoms with Gasteiger partial charge in [0.2, 0.25) is 0 Å². The molecule has 3 rings (SSSR count). The third-order valence-corrected chi connectivity index (χ3v) is 4.16. The molecule has 0 radical (unpaired) electrons. The first-order chi connectivity index (χ1) is 12.2. The molecule has 2 aromatic carbocycles. The van der Waals surface area contributed by atoms with Crippen molar-refractivity contribution in [3.05, 3.63) is 59.2 Å². The van der Waals surface area contributed by atoms with Crippen molar-refractivity contribution in [1.29, 1.82) is 0 Å². The third kappa shape index (κ3) is 4.12. The smallest absolute Gasteiger partial charge is 0.254 e. The summed E-state index contributed by atoms with van der Waals surface area (Å²) in [5.41, 5.74) is 2.75. The van der Waals surface area contributed by atoms with Crippen molar-refractivity contribution in [2.75, 3.05) is 26.9 Å². The van der Waals surface area contributed by atoms with E-state index in [0.717, 1.165) is 22.6 Å². The summed E-state index contributed by atoms with van der Waals surface area (Å²) in [5.74, 6) is 1.52. The van der Waals surface area contributed by atoms with E-state index in [1.54, 1.807) is 7.11 Å². The molecule has 5 heteroatoms. The Kier molecular flexibility index (Phi) is 5.56. The predicted octanol–water partition coefficient (Wildman–Crippen LogP) is 3.27. The van der Waals surface area contributed by atoms with Crippen LogP contribution in [0, 0.1) is 0 Å². The topological polar surface area (TPSA) is 48.0 Å². The van der Waals surface area contributed by atoms with E-state index in [4.69, 9.17) is 14.2 Å². The fourth-order valence-electron chi connectivity index (χ4n) is 2.83. The molecule has 1 aliphatic rings.